The first kappa shape index (κ1) is 19.3. The summed E-state index contributed by atoms with van der Waals surface area (Å²) < 4.78 is 0. The van der Waals surface area contributed by atoms with Crippen LogP contribution in [0.5, 0.6) is 0 Å². The van der Waals surface area contributed by atoms with Crippen molar-refractivity contribution in [3.63, 3.8) is 0 Å². The maximum absolute atomic E-state index is 12.1. The molecule has 0 radical (unpaired) electrons. The molecule has 2 rings (SSSR count). The number of hydrogen-bond donors (Lipinski definition) is 2. The van der Waals surface area contributed by atoms with Gasteiger partial charge in [-0.25, -0.2) is 0 Å². The van der Waals surface area contributed by atoms with Gasteiger partial charge in [-0.15, -0.1) is 0 Å². The van der Waals surface area contributed by atoms with Gasteiger partial charge in [-0.05, 0) is 37.1 Å². The summed E-state index contributed by atoms with van der Waals surface area (Å²) in [5, 5.41) is 6.18. The summed E-state index contributed by atoms with van der Waals surface area (Å²) in [7, 11) is 0. The van der Waals surface area contributed by atoms with Crippen LogP contribution >= 0.6 is 23.2 Å². The zero-order valence-corrected chi connectivity index (χ0v) is 15.6. The van der Waals surface area contributed by atoms with E-state index in [0.717, 1.165) is 12.0 Å². The highest BCUT2D eigenvalue weighted by Gasteiger charge is 2.14. The highest BCUT2D eigenvalue weighted by Crippen LogP contribution is 2.22. The summed E-state index contributed by atoms with van der Waals surface area (Å²) in [5.74, 6) is -0.627. The predicted molar refractivity (Wildman–Crippen MR) is 101 cm³/mol. The van der Waals surface area contributed by atoms with Crippen molar-refractivity contribution < 1.29 is 9.59 Å². The summed E-state index contributed by atoms with van der Waals surface area (Å²) in [6.07, 6.45) is 0.759. The Hall–Kier alpha value is -2.04. The van der Waals surface area contributed by atoms with Crippen molar-refractivity contribution in [3.8, 4) is 0 Å². The Morgan fingerprint density at radius 3 is 2.32 bits per heavy atom. The van der Waals surface area contributed by atoms with Crippen molar-refractivity contribution in [1.82, 2.24) is 10.6 Å². The molecule has 0 spiro atoms. The van der Waals surface area contributed by atoms with Crippen LogP contribution in [0.25, 0.3) is 0 Å². The van der Waals surface area contributed by atoms with Gasteiger partial charge in [-0.3, -0.25) is 9.59 Å². The molecule has 0 aromatic heterocycles. The lowest BCUT2D eigenvalue weighted by Crippen LogP contribution is -2.38. The molecule has 25 heavy (non-hydrogen) atoms. The maximum Gasteiger partial charge on any atom is 0.251 e. The number of carbonyl (C=O) groups is 2. The number of rotatable bonds is 6. The topological polar surface area (TPSA) is 58.2 Å². The van der Waals surface area contributed by atoms with E-state index in [9.17, 15) is 9.59 Å². The van der Waals surface area contributed by atoms with Gasteiger partial charge in [0.15, 0.2) is 0 Å². The van der Waals surface area contributed by atoms with Crippen LogP contribution in [-0.2, 0) is 4.79 Å². The largest absolute Gasteiger partial charge is 0.348 e. The van der Waals surface area contributed by atoms with Gasteiger partial charge in [0.25, 0.3) is 5.91 Å². The summed E-state index contributed by atoms with van der Waals surface area (Å²) >= 11 is 11.7. The van der Waals surface area contributed by atoms with Gasteiger partial charge >= 0.3 is 0 Å². The zero-order valence-electron chi connectivity index (χ0n) is 14.1. The smallest absolute Gasteiger partial charge is 0.251 e. The van der Waals surface area contributed by atoms with Gasteiger partial charge in [0, 0.05) is 5.56 Å². The van der Waals surface area contributed by atoms with E-state index in [0.29, 0.717) is 15.6 Å². The first-order chi connectivity index (χ1) is 11.9. The average Bonchev–Trinajstić information content (AvgIpc) is 2.60. The lowest BCUT2D eigenvalue weighted by Gasteiger charge is -2.18. The van der Waals surface area contributed by atoms with Crippen molar-refractivity contribution in [2.45, 2.75) is 26.3 Å². The molecule has 2 aromatic carbocycles. The highest BCUT2D eigenvalue weighted by atomic mass is 35.5. The normalized spacial score (nSPS) is 11.7. The minimum absolute atomic E-state index is 0.0880. The number of aryl methyl sites for hydroxylation is 1. The molecule has 2 amide bonds. The summed E-state index contributed by atoms with van der Waals surface area (Å²) in [6, 6.07) is 12.5. The Morgan fingerprint density at radius 1 is 1.04 bits per heavy atom. The Balaban J connectivity index is 1.91. The number of carbonyl (C=O) groups excluding carboxylic acids is 2. The molecule has 0 fully saturated rings. The number of nitrogens with one attached hydrogen (secondary N) is 2. The molecular weight excluding hydrogens is 359 g/mol. The molecular formula is C19H20Cl2N2O2. The van der Waals surface area contributed by atoms with Gasteiger partial charge in [0.1, 0.15) is 0 Å². The SMILES string of the molecule is CCC(NC(=O)CNC(=O)c1ccc(Cl)c(Cl)c1)c1ccc(C)cc1. The van der Waals surface area contributed by atoms with Crippen molar-refractivity contribution in [3.05, 3.63) is 69.2 Å². The predicted octanol–water partition coefficient (Wildman–Crippen LogP) is 4.30. The van der Waals surface area contributed by atoms with Gasteiger partial charge in [0.2, 0.25) is 5.91 Å². The van der Waals surface area contributed by atoms with E-state index in [-0.39, 0.29) is 24.4 Å². The molecule has 0 bridgehead atoms. The van der Waals surface area contributed by atoms with E-state index in [1.54, 1.807) is 12.1 Å². The van der Waals surface area contributed by atoms with Gasteiger partial charge < -0.3 is 10.6 Å². The van der Waals surface area contributed by atoms with Gasteiger partial charge in [-0.1, -0.05) is 60.0 Å². The summed E-state index contributed by atoms with van der Waals surface area (Å²) in [5.41, 5.74) is 2.56. The monoisotopic (exact) mass is 378 g/mol. The van der Waals surface area contributed by atoms with Crippen LogP contribution in [0.1, 0.15) is 40.9 Å². The Labute approximate surface area is 157 Å². The molecule has 1 unspecified atom stereocenters. The Bertz CT molecular complexity index is 761. The second-order valence-electron chi connectivity index (χ2n) is 5.75. The molecule has 4 nitrogen and oxygen atoms in total. The quantitative estimate of drug-likeness (QED) is 0.786. The molecule has 2 aromatic rings. The molecule has 0 saturated heterocycles. The molecule has 132 valence electrons. The molecule has 0 aliphatic heterocycles. The van der Waals surface area contributed by atoms with Crippen molar-refractivity contribution >= 4 is 35.0 Å². The summed E-state index contributed by atoms with van der Waals surface area (Å²) in [4.78, 5) is 24.2. The van der Waals surface area contributed by atoms with Gasteiger partial charge in [-0.2, -0.15) is 0 Å². The molecule has 0 aliphatic rings. The fourth-order valence-corrected chi connectivity index (χ4v) is 2.66. The van der Waals surface area contributed by atoms with Crippen molar-refractivity contribution in [2.24, 2.45) is 0 Å². The van der Waals surface area contributed by atoms with Crippen LogP contribution < -0.4 is 10.6 Å². The standard InChI is InChI=1S/C19H20Cl2N2O2/c1-3-17(13-6-4-12(2)5-7-13)23-18(24)11-22-19(25)14-8-9-15(20)16(21)10-14/h4-10,17H,3,11H2,1-2H3,(H,22,25)(H,23,24). The molecule has 2 N–H and O–H groups in total. The summed E-state index contributed by atoms with van der Waals surface area (Å²) in [6.45, 7) is 3.91. The van der Waals surface area contributed by atoms with Crippen LogP contribution in [0.2, 0.25) is 10.0 Å². The highest BCUT2D eigenvalue weighted by molar-refractivity contribution is 6.42. The lowest BCUT2D eigenvalue weighted by molar-refractivity contribution is -0.120. The fraction of sp³-hybridized carbons (Fsp3) is 0.263. The van der Waals surface area contributed by atoms with E-state index in [1.807, 2.05) is 38.1 Å². The number of hydrogen-bond acceptors (Lipinski definition) is 2. The lowest BCUT2D eigenvalue weighted by atomic mass is 10.0. The zero-order chi connectivity index (χ0) is 18.4. The maximum atomic E-state index is 12.1. The third kappa shape index (κ3) is 5.48. The van der Waals surface area contributed by atoms with Crippen LogP contribution in [0.15, 0.2) is 42.5 Å². The van der Waals surface area contributed by atoms with Crippen LogP contribution in [0, 0.1) is 6.92 Å². The van der Waals surface area contributed by atoms with E-state index in [2.05, 4.69) is 10.6 Å². The van der Waals surface area contributed by atoms with Crippen LogP contribution in [0.4, 0.5) is 0 Å². The third-order valence-corrected chi connectivity index (χ3v) is 4.55. The minimum atomic E-state index is -0.378. The minimum Gasteiger partial charge on any atom is -0.348 e. The first-order valence-corrected chi connectivity index (χ1v) is 8.75. The molecule has 0 saturated carbocycles. The van der Waals surface area contributed by atoms with Gasteiger partial charge in [0.05, 0.1) is 22.6 Å². The molecule has 1 atom stereocenters. The fourth-order valence-electron chi connectivity index (χ4n) is 2.37. The number of amides is 2. The van der Waals surface area contributed by atoms with Crippen molar-refractivity contribution in [1.29, 1.82) is 0 Å². The second kappa shape index (κ2) is 8.88. The van der Waals surface area contributed by atoms with Crippen LogP contribution in [0.3, 0.4) is 0 Å². The molecule has 0 heterocycles. The third-order valence-electron chi connectivity index (χ3n) is 3.81. The number of halogens is 2. The van der Waals surface area contributed by atoms with Crippen molar-refractivity contribution in [2.75, 3.05) is 6.54 Å². The first-order valence-electron chi connectivity index (χ1n) is 8.00. The van der Waals surface area contributed by atoms with E-state index in [4.69, 9.17) is 23.2 Å². The van der Waals surface area contributed by atoms with Crippen LogP contribution in [-0.4, -0.2) is 18.4 Å². The number of benzene rings is 2. The second-order valence-corrected chi connectivity index (χ2v) is 6.56. The molecule has 0 aliphatic carbocycles. The van der Waals surface area contributed by atoms with E-state index in [1.165, 1.54) is 11.6 Å². The Kier molecular flexibility index (Phi) is 6.85. The van der Waals surface area contributed by atoms with E-state index >= 15 is 0 Å². The van der Waals surface area contributed by atoms with E-state index < -0.39 is 0 Å². The average molecular weight is 379 g/mol. The molecule has 6 heteroatoms. The Morgan fingerprint density at radius 2 is 1.72 bits per heavy atom.